The highest BCUT2D eigenvalue weighted by molar-refractivity contribution is 5.72. The normalized spacial score (nSPS) is 12.1. The molecule has 0 saturated heterocycles. The highest BCUT2D eigenvalue weighted by atomic mass is 16.5. The monoisotopic (exact) mass is 194 g/mol. The third kappa shape index (κ3) is 3.58. The predicted molar refractivity (Wildman–Crippen MR) is 53.0 cm³/mol. The second-order valence-corrected chi connectivity index (χ2v) is 3.05. The molecular formula is C11H14O3. The number of hydrogen-bond donors (Lipinski definition) is 1. The van der Waals surface area contributed by atoms with Crippen LogP contribution in [0.2, 0.25) is 0 Å². The highest BCUT2D eigenvalue weighted by Crippen LogP contribution is 2.10. The predicted octanol–water partition coefficient (Wildman–Crippen LogP) is 1.75. The summed E-state index contributed by atoms with van der Waals surface area (Å²) in [5.41, 5.74) is 0. The van der Waals surface area contributed by atoms with Crippen molar-refractivity contribution in [3.05, 3.63) is 30.3 Å². The minimum atomic E-state index is -0.605. The van der Waals surface area contributed by atoms with Crippen LogP contribution in [-0.2, 0) is 4.79 Å². The van der Waals surface area contributed by atoms with Gasteiger partial charge in [-0.1, -0.05) is 25.1 Å². The zero-order chi connectivity index (χ0) is 10.4. The van der Waals surface area contributed by atoms with E-state index in [1.54, 1.807) is 24.3 Å². The van der Waals surface area contributed by atoms with Crippen molar-refractivity contribution in [3.8, 4) is 5.75 Å². The number of esters is 1. The molecule has 14 heavy (non-hydrogen) atoms. The standard InChI is InChI=1S/C11H14O3/c1-2-9(12)8-11(13)14-10-6-4-3-5-7-10/h3-7,9,12H,2,8H2,1H3. The molecule has 76 valence electrons. The number of para-hydroxylation sites is 1. The van der Waals surface area contributed by atoms with Crippen molar-refractivity contribution < 1.29 is 14.6 Å². The third-order valence-corrected chi connectivity index (χ3v) is 1.85. The summed E-state index contributed by atoms with van der Waals surface area (Å²) < 4.78 is 4.99. The Morgan fingerprint density at radius 2 is 2.07 bits per heavy atom. The van der Waals surface area contributed by atoms with Crippen LogP contribution in [0.3, 0.4) is 0 Å². The van der Waals surface area contributed by atoms with E-state index in [9.17, 15) is 9.90 Å². The summed E-state index contributed by atoms with van der Waals surface area (Å²) in [7, 11) is 0. The van der Waals surface area contributed by atoms with Crippen LogP contribution >= 0.6 is 0 Å². The highest BCUT2D eigenvalue weighted by Gasteiger charge is 2.10. The molecule has 0 fully saturated rings. The number of rotatable bonds is 4. The smallest absolute Gasteiger partial charge is 0.313 e. The first-order chi connectivity index (χ1) is 6.72. The molecule has 1 atom stereocenters. The minimum Gasteiger partial charge on any atom is -0.426 e. The third-order valence-electron chi connectivity index (χ3n) is 1.85. The van der Waals surface area contributed by atoms with Crippen LogP contribution in [0.1, 0.15) is 19.8 Å². The van der Waals surface area contributed by atoms with Gasteiger partial charge in [0.15, 0.2) is 0 Å². The molecule has 0 spiro atoms. The summed E-state index contributed by atoms with van der Waals surface area (Å²) in [5, 5.41) is 9.21. The van der Waals surface area contributed by atoms with E-state index in [1.807, 2.05) is 13.0 Å². The zero-order valence-corrected chi connectivity index (χ0v) is 8.14. The van der Waals surface area contributed by atoms with Crippen molar-refractivity contribution in [2.24, 2.45) is 0 Å². The van der Waals surface area contributed by atoms with Gasteiger partial charge < -0.3 is 9.84 Å². The molecule has 1 unspecified atom stereocenters. The van der Waals surface area contributed by atoms with Crippen LogP contribution in [0.25, 0.3) is 0 Å². The summed E-state index contributed by atoms with van der Waals surface area (Å²) in [4.78, 5) is 11.2. The van der Waals surface area contributed by atoms with E-state index in [4.69, 9.17) is 4.74 Å². The van der Waals surface area contributed by atoms with Crippen molar-refractivity contribution in [1.82, 2.24) is 0 Å². The first-order valence-corrected chi connectivity index (χ1v) is 4.66. The van der Waals surface area contributed by atoms with Crippen molar-refractivity contribution >= 4 is 5.97 Å². The van der Waals surface area contributed by atoms with Gasteiger partial charge >= 0.3 is 5.97 Å². The van der Waals surface area contributed by atoms with Crippen LogP contribution in [0.4, 0.5) is 0 Å². The van der Waals surface area contributed by atoms with Crippen LogP contribution in [0, 0.1) is 0 Å². The maximum absolute atomic E-state index is 11.2. The number of benzene rings is 1. The molecule has 0 aromatic heterocycles. The molecule has 0 aliphatic carbocycles. The Morgan fingerprint density at radius 3 is 2.64 bits per heavy atom. The fourth-order valence-corrected chi connectivity index (χ4v) is 0.998. The van der Waals surface area contributed by atoms with Gasteiger partial charge in [-0.2, -0.15) is 0 Å². The Bertz CT molecular complexity index is 282. The average molecular weight is 194 g/mol. The zero-order valence-electron chi connectivity index (χ0n) is 8.14. The number of hydrogen-bond acceptors (Lipinski definition) is 3. The summed E-state index contributed by atoms with van der Waals surface area (Å²) >= 11 is 0. The fraction of sp³-hybridized carbons (Fsp3) is 0.364. The Hall–Kier alpha value is -1.35. The Kier molecular flexibility index (Phi) is 4.13. The topological polar surface area (TPSA) is 46.5 Å². The van der Waals surface area contributed by atoms with Gasteiger partial charge in [0, 0.05) is 0 Å². The molecule has 3 heteroatoms. The van der Waals surface area contributed by atoms with Crippen molar-refractivity contribution in [1.29, 1.82) is 0 Å². The minimum absolute atomic E-state index is 0.0470. The van der Waals surface area contributed by atoms with Gasteiger partial charge in [0.05, 0.1) is 12.5 Å². The molecule has 3 nitrogen and oxygen atoms in total. The second kappa shape index (κ2) is 5.40. The molecule has 0 bridgehead atoms. The van der Waals surface area contributed by atoms with E-state index in [0.717, 1.165) is 0 Å². The Labute approximate surface area is 83.3 Å². The molecule has 1 aromatic carbocycles. The average Bonchev–Trinajstić information content (AvgIpc) is 2.19. The molecule has 0 amide bonds. The van der Waals surface area contributed by atoms with Gasteiger partial charge in [-0.3, -0.25) is 4.79 Å². The fourth-order valence-electron chi connectivity index (χ4n) is 0.998. The molecule has 0 heterocycles. The van der Waals surface area contributed by atoms with Crippen molar-refractivity contribution in [2.45, 2.75) is 25.9 Å². The Balaban J connectivity index is 2.42. The molecule has 0 aliphatic heterocycles. The summed E-state index contributed by atoms with van der Waals surface area (Å²) in [5.74, 6) is 0.117. The van der Waals surface area contributed by atoms with E-state index >= 15 is 0 Å². The Morgan fingerprint density at radius 1 is 1.43 bits per heavy atom. The molecule has 1 aromatic rings. The lowest BCUT2D eigenvalue weighted by molar-refractivity contribution is -0.136. The van der Waals surface area contributed by atoms with Gasteiger partial charge in [0.25, 0.3) is 0 Å². The lowest BCUT2D eigenvalue weighted by atomic mass is 10.2. The SMILES string of the molecule is CCC(O)CC(=O)Oc1ccccc1. The van der Waals surface area contributed by atoms with E-state index in [0.29, 0.717) is 12.2 Å². The van der Waals surface area contributed by atoms with E-state index in [2.05, 4.69) is 0 Å². The first-order valence-electron chi connectivity index (χ1n) is 4.66. The van der Waals surface area contributed by atoms with Gasteiger partial charge in [0.1, 0.15) is 5.75 Å². The second-order valence-electron chi connectivity index (χ2n) is 3.05. The molecular weight excluding hydrogens is 180 g/mol. The molecule has 0 radical (unpaired) electrons. The first kappa shape index (κ1) is 10.7. The largest absolute Gasteiger partial charge is 0.426 e. The van der Waals surface area contributed by atoms with Gasteiger partial charge in [-0.15, -0.1) is 0 Å². The van der Waals surface area contributed by atoms with Crippen molar-refractivity contribution in [3.63, 3.8) is 0 Å². The van der Waals surface area contributed by atoms with Crippen LogP contribution in [0.15, 0.2) is 30.3 Å². The lowest BCUT2D eigenvalue weighted by Crippen LogP contribution is -2.16. The lowest BCUT2D eigenvalue weighted by Gasteiger charge is -2.07. The van der Waals surface area contributed by atoms with Crippen molar-refractivity contribution in [2.75, 3.05) is 0 Å². The summed E-state index contributed by atoms with van der Waals surface area (Å²) in [6.07, 6.45) is 0.00107. The van der Waals surface area contributed by atoms with E-state index < -0.39 is 12.1 Å². The number of carbonyl (C=O) groups is 1. The summed E-state index contributed by atoms with van der Waals surface area (Å²) in [6, 6.07) is 8.84. The number of ether oxygens (including phenoxy) is 1. The van der Waals surface area contributed by atoms with Gasteiger partial charge in [-0.05, 0) is 18.6 Å². The van der Waals surface area contributed by atoms with E-state index in [1.165, 1.54) is 0 Å². The van der Waals surface area contributed by atoms with Gasteiger partial charge in [0.2, 0.25) is 0 Å². The van der Waals surface area contributed by atoms with Crippen LogP contribution in [0.5, 0.6) is 5.75 Å². The van der Waals surface area contributed by atoms with E-state index in [-0.39, 0.29) is 6.42 Å². The quantitative estimate of drug-likeness (QED) is 0.586. The number of carbonyl (C=O) groups excluding carboxylic acids is 1. The molecule has 1 rings (SSSR count). The van der Waals surface area contributed by atoms with Gasteiger partial charge in [-0.25, -0.2) is 0 Å². The van der Waals surface area contributed by atoms with Crippen LogP contribution < -0.4 is 4.74 Å². The molecule has 0 saturated carbocycles. The molecule has 0 aliphatic rings. The number of aliphatic hydroxyl groups is 1. The summed E-state index contributed by atoms with van der Waals surface area (Å²) in [6.45, 7) is 1.82. The maximum atomic E-state index is 11.2. The number of aliphatic hydroxyl groups excluding tert-OH is 1. The molecule has 1 N–H and O–H groups in total. The maximum Gasteiger partial charge on any atom is 0.313 e. The van der Waals surface area contributed by atoms with Crippen LogP contribution in [-0.4, -0.2) is 17.2 Å².